The van der Waals surface area contributed by atoms with Crippen molar-refractivity contribution in [1.29, 1.82) is 0 Å². The lowest BCUT2D eigenvalue weighted by Gasteiger charge is -2.32. The number of hydrogen-bond donors (Lipinski definition) is 1. The van der Waals surface area contributed by atoms with E-state index in [1.807, 2.05) is 11.8 Å². The number of ether oxygens (including phenoxy) is 1. The number of hydrogen-bond acceptors (Lipinski definition) is 3. The van der Waals surface area contributed by atoms with Crippen LogP contribution in [0.2, 0.25) is 0 Å². The average molecular weight is 293 g/mol. The summed E-state index contributed by atoms with van der Waals surface area (Å²) < 4.78 is 5.80. The number of unbranched alkanes of at least 4 members (excludes halogenated alkanes) is 3. The molecule has 0 radical (unpaired) electrons. The highest BCUT2D eigenvalue weighted by molar-refractivity contribution is 7.98. The second-order valence-corrected chi connectivity index (χ2v) is 6.65. The number of fused-ring (bicyclic) bond motifs is 1. The van der Waals surface area contributed by atoms with Crippen molar-refractivity contribution in [3.8, 4) is 5.75 Å². The first kappa shape index (κ1) is 15.7. The SMILES string of the molecule is CSCCCCCCNC1c2ccccc2OCC1C. The van der Waals surface area contributed by atoms with Crippen LogP contribution in [0.15, 0.2) is 24.3 Å². The zero-order valence-corrected chi connectivity index (χ0v) is 13.5. The molecule has 20 heavy (non-hydrogen) atoms. The molecule has 3 heteroatoms. The van der Waals surface area contributed by atoms with Gasteiger partial charge in [0.1, 0.15) is 5.75 Å². The molecule has 0 saturated carbocycles. The van der Waals surface area contributed by atoms with Crippen molar-refractivity contribution in [3.63, 3.8) is 0 Å². The highest BCUT2D eigenvalue weighted by Crippen LogP contribution is 2.34. The van der Waals surface area contributed by atoms with Crippen LogP contribution in [0.1, 0.15) is 44.2 Å². The summed E-state index contributed by atoms with van der Waals surface area (Å²) in [7, 11) is 0. The van der Waals surface area contributed by atoms with Crippen LogP contribution in [0, 0.1) is 5.92 Å². The lowest BCUT2D eigenvalue weighted by atomic mass is 9.92. The smallest absolute Gasteiger partial charge is 0.124 e. The van der Waals surface area contributed by atoms with Crippen LogP contribution in [-0.2, 0) is 0 Å². The van der Waals surface area contributed by atoms with Gasteiger partial charge in [0.05, 0.1) is 6.61 Å². The summed E-state index contributed by atoms with van der Waals surface area (Å²) in [6.45, 7) is 4.21. The second-order valence-electron chi connectivity index (χ2n) is 5.66. The molecule has 1 aromatic carbocycles. The highest BCUT2D eigenvalue weighted by Gasteiger charge is 2.26. The summed E-state index contributed by atoms with van der Waals surface area (Å²) in [5.41, 5.74) is 1.33. The van der Waals surface area contributed by atoms with E-state index >= 15 is 0 Å². The van der Waals surface area contributed by atoms with Gasteiger partial charge in [0.25, 0.3) is 0 Å². The summed E-state index contributed by atoms with van der Waals surface area (Å²) >= 11 is 1.95. The molecule has 1 aliphatic heterocycles. The van der Waals surface area contributed by atoms with Crippen LogP contribution in [0.5, 0.6) is 5.75 Å². The third-order valence-electron chi connectivity index (χ3n) is 3.96. The maximum absolute atomic E-state index is 5.80. The van der Waals surface area contributed by atoms with E-state index in [0.717, 1.165) is 18.9 Å². The van der Waals surface area contributed by atoms with E-state index in [1.165, 1.54) is 37.0 Å². The first-order chi connectivity index (χ1) is 9.83. The second kappa shape index (κ2) is 8.58. The van der Waals surface area contributed by atoms with Crippen LogP contribution >= 0.6 is 11.8 Å². The van der Waals surface area contributed by atoms with Gasteiger partial charge in [-0.2, -0.15) is 11.8 Å². The molecular weight excluding hydrogens is 266 g/mol. The van der Waals surface area contributed by atoms with Crippen molar-refractivity contribution in [2.75, 3.05) is 25.2 Å². The molecule has 1 N–H and O–H groups in total. The van der Waals surface area contributed by atoms with E-state index in [9.17, 15) is 0 Å². The summed E-state index contributed by atoms with van der Waals surface area (Å²) in [4.78, 5) is 0. The van der Waals surface area contributed by atoms with E-state index in [1.54, 1.807) is 0 Å². The minimum absolute atomic E-state index is 0.450. The molecule has 2 atom stereocenters. The maximum atomic E-state index is 5.80. The van der Waals surface area contributed by atoms with E-state index < -0.39 is 0 Å². The first-order valence-electron chi connectivity index (χ1n) is 7.77. The number of para-hydroxylation sites is 1. The standard InChI is InChI=1S/C17H27NOS/c1-14-13-19-16-10-6-5-9-15(16)17(14)18-11-7-3-4-8-12-20-2/h5-6,9-10,14,17-18H,3-4,7-8,11-13H2,1-2H3. The van der Waals surface area contributed by atoms with Gasteiger partial charge in [0.15, 0.2) is 0 Å². The van der Waals surface area contributed by atoms with Crippen molar-refractivity contribution in [3.05, 3.63) is 29.8 Å². The Morgan fingerprint density at radius 2 is 2.00 bits per heavy atom. The predicted molar refractivity (Wildman–Crippen MR) is 88.7 cm³/mol. The highest BCUT2D eigenvalue weighted by atomic mass is 32.2. The monoisotopic (exact) mass is 293 g/mol. The van der Waals surface area contributed by atoms with Crippen LogP contribution in [0.4, 0.5) is 0 Å². The van der Waals surface area contributed by atoms with Gasteiger partial charge in [-0.1, -0.05) is 38.0 Å². The molecule has 1 aromatic rings. The average Bonchev–Trinajstić information content (AvgIpc) is 2.48. The van der Waals surface area contributed by atoms with E-state index in [2.05, 4.69) is 42.8 Å². The fourth-order valence-corrected chi connectivity index (χ4v) is 3.28. The zero-order chi connectivity index (χ0) is 14.2. The molecule has 1 aliphatic rings. The van der Waals surface area contributed by atoms with Crippen LogP contribution in [0.3, 0.4) is 0 Å². The number of nitrogens with one attached hydrogen (secondary N) is 1. The summed E-state index contributed by atoms with van der Waals surface area (Å²) in [6, 6.07) is 8.89. The Bertz CT molecular complexity index is 396. The van der Waals surface area contributed by atoms with E-state index in [-0.39, 0.29) is 0 Å². The normalized spacial score (nSPS) is 21.3. The van der Waals surface area contributed by atoms with E-state index in [4.69, 9.17) is 4.74 Å². The van der Waals surface area contributed by atoms with Gasteiger partial charge in [-0.15, -0.1) is 0 Å². The van der Waals surface area contributed by atoms with Gasteiger partial charge in [-0.25, -0.2) is 0 Å². The molecular formula is C17H27NOS. The van der Waals surface area contributed by atoms with Gasteiger partial charge in [-0.05, 0) is 37.5 Å². The Hall–Kier alpha value is -0.670. The zero-order valence-electron chi connectivity index (χ0n) is 12.7. The Balaban J connectivity index is 1.75. The Morgan fingerprint density at radius 1 is 1.20 bits per heavy atom. The summed E-state index contributed by atoms with van der Waals surface area (Å²) in [5.74, 6) is 2.90. The summed E-state index contributed by atoms with van der Waals surface area (Å²) in [6.07, 6.45) is 7.53. The largest absolute Gasteiger partial charge is 0.493 e. The van der Waals surface area contributed by atoms with Crippen molar-refractivity contribution in [2.24, 2.45) is 5.92 Å². The molecule has 2 nitrogen and oxygen atoms in total. The third kappa shape index (κ3) is 4.42. The lowest BCUT2D eigenvalue weighted by Crippen LogP contribution is -2.34. The fraction of sp³-hybridized carbons (Fsp3) is 0.647. The number of benzene rings is 1. The van der Waals surface area contributed by atoms with Crippen LogP contribution < -0.4 is 10.1 Å². The third-order valence-corrected chi connectivity index (χ3v) is 4.66. The molecule has 0 fully saturated rings. The predicted octanol–water partition coefficient (Wildman–Crippen LogP) is 4.27. The molecule has 2 unspecified atom stereocenters. The quantitative estimate of drug-likeness (QED) is 0.723. The van der Waals surface area contributed by atoms with Gasteiger partial charge < -0.3 is 10.1 Å². The van der Waals surface area contributed by atoms with Crippen LogP contribution in [0.25, 0.3) is 0 Å². The van der Waals surface area contributed by atoms with Gasteiger partial charge >= 0.3 is 0 Å². The Labute approximate surface area is 127 Å². The molecule has 0 saturated heterocycles. The van der Waals surface area contributed by atoms with E-state index in [0.29, 0.717) is 12.0 Å². The molecule has 0 bridgehead atoms. The molecule has 2 rings (SSSR count). The topological polar surface area (TPSA) is 21.3 Å². The minimum Gasteiger partial charge on any atom is -0.493 e. The molecule has 0 amide bonds. The van der Waals surface area contributed by atoms with Gasteiger partial charge in [-0.3, -0.25) is 0 Å². The van der Waals surface area contributed by atoms with Crippen molar-refractivity contribution in [1.82, 2.24) is 5.32 Å². The minimum atomic E-state index is 0.450. The molecule has 0 aromatic heterocycles. The maximum Gasteiger partial charge on any atom is 0.124 e. The van der Waals surface area contributed by atoms with Crippen molar-refractivity contribution < 1.29 is 4.74 Å². The first-order valence-corrected chi connectivity index (χ1v) is 9.16. The lowest BCUT2D eigenvalue weighted by molar-refractivity contribution is 0.188. The Morgan fingerprint density at radius 3 is 2.85 bits per heavy atom. The molecule has 0 spiro atoms. The van der Waals surface area contributed by atoms with Crippen LogP contribution in [-0.4, -0.2) is 25.2 Å². The summed E-state index contributed by atoms with van der Waals surface area (Å²) in [5, 5.41) is 3.73. The number of rotatable bonds is 8. The van der Waals surface area contributed by atoms with Gasteiger partial charge in [0.2, 0.25) is 0 Å². The number of thioether (sulfide) groups is 1. The fourth-order valence-electron chi connectivity index (χ4n) is 2.79. The van der Waals surface area contributed by atoms with Crippen molar-refractivity contribution >= 4 is 11.8 Å². The van der Waals surface area contributed by atoms with Crippen molar-refractivity contribution in [2.45, 2.75) is 38.6 Å². The Kier molecular flexibility index (Phi) is 6.74. The van der Waals surface area contributed by atoms with Gasteiger partial charge in [0, 0.05) is 17.5 Å². The molecule has 0 aliphatic carbocycles. The molecule has 1 heterocycles. The molecule has 112 valence electrons.